The molecular formula is C10H15N3O3. The highest BCUT2D eigenvalue weighted by Crippen LogP contribution is 2.06. The van der Waals surface area contributed by atoms with Gasteiger partial charge in [0, 0.05) is 12.5 Å². The van der Waals surface area contributed by atoms with Crippen LogP contribution in [-0.4, -0.2) is 23.5 Å². The Morgan fingerprint density at radius 2 is 2.19 bits per heavy atom. The number of hydrogen-bond acceptors (Lipinski definition) is 4. The molecule has 0 aliphatic rings. The van der Waals surface area contributed by atoms with E-state index < -0.39 is 0 Å². The molecule has 6 nitrogen and oxygen atoms in total. The van der Waals surface area contributed by atoms with Crippen molar-refractivity contribution in [1.29, 1.82) is 0 Å². The molecule has 0 aromatic carbocycles. The molecule has 6 heteroatoms. The van der Waals surface area contributed by atoms with Crippen LogP contribution in [0.3, 0.4) is 0 Å². The zero-order valence-corrected chi connectivity index (χ0v) is 9.37. The Hall–Kier alpha value is -1.85. The smallest absolute Gasteiger partial charge is 0.245 e. The summed E-state index contributed by atoms with van der Waals surface area (Å²) in [5.74, 6) is 0.518. The van der Waals surface area contributed by atoms with Crippen LogP contribution in [0.1, 0.15) is 25.5 Å². The number of aromatic nitrogens is 1. The predicted octanol–water partition coefficient (Wildman–Crippen LogP) is 0.838. The minimum absolute atomic E-state index is 0.0509. The summed E-state index contributed by atoms with van der Waals surface area (Å²) >= 11 is 0. The van der Waals surface area contributed by atoms with Gasteiger partial charge in [-0.25, -0.2) is 0 Å². The van der Waals surface area contributed by atoms with Gasteiger partial charge in [-0.05, 0) is 13.3 Å². The fourth-order valence-electron chi connectivity index (χ4n) is 1.11. The molecule has 2 amide bonds. The van der Waals surface area contributed by atoms with Gasteiger partial charge >= 0.3 is 0 Å². The zero-order valence-electron chi connectivity index (χ0n) is 9.37. The van der Waals surface area contributed by atoms with Crippen molar-refractivity contribution in [1.82, 2.24) is 10.5 Å². The van der Waals surface area contributed by atoms with E-state index in [1.54, 1.807) is 13.0 Å². The van der Waals surface area contributed by atoms with Crippen molar-refractivity contribution < 1.29 is 14.1 Å². The lowest BCUT2D eigenvalue weighted by molar-refractivity contribution is -0.124. The van der Waals surface area contributed by atoms with Crippen LogP contribution in [0.15, 0.2) is 10.6 Å². The average Bonchev–Trinajstić information content (AvgIpc) is 2.61. The number of aryl methyl sites for hydroxylation is 1. The first-order valence-corrected chi connectivity index (χ1v) is 5.11. The van der Waals surface area contributed by atoms with Gasteiger partial charge in [-0.3, -0.25) is 9.59 Å². The molecule has 2 N–H and O–H groups in total. The highest BCUT2D eigenvalue weighted by atomic mass is 16.5. The lowest BCUT2D eigenvalue weighted by Gasteiger charge is -2.03. The number of amides is 2. The molecule has 0 spiro atoms. The summed E-state index contributed by atoms with van der Waals surface area (Å²) in [6.07, 6.45) is 1.19. The number of carbonyl (C=O) groups is 2. The molecule has 0 saturated carbocycles. The van der Waals surface area contributed by atoms with Crippen molar-refractivity contribution in [2.24, 2.45) is 0 Å². The molecule has 1 heterocycles. The van der Waals surface area contributed by atoms with Gasteiger partial charge in [-0.1, -0.05) is 12.1 Å². The molecule has 1 aromatic rings. The van der Waals surface area contributed by atoms with Crippen LogP contribution >= 0.6 is 0 Å². The third kappa shape index (κ3) is 4.12. The van der Waals surface area contributed by atoms with Crippen molar-refractivity contribution in [3.63, 3.8) is 0 Å². The molecule has 0 aliphatic carbocycles. The topological polar surface area (TPSA) is 84.2 Å². The first-order valence-electron chi connectivity index (χ1n) is 5.11. The van der Waals surface area contributed by atoms with E-state index in [-0.39, 0.29) is 18.4 Å². The second-order valence-electron chi connectivity index (χ2n) is 3.40. The number of nitrogens with one attached hydrogen (secondary N) is 2. The maximum absolute atomic E-state index is 11.3. The minimum atomic E-state index is -0.322. The van der Waals surface area contributed by atoms with Crippen molar-refractivity contribution in [2.45, 2.75) is 26.7 Å². The minimum Gasteiger partial charge on any atom is -0.360 e. The van der Waals surface area contributed by atoms with Crippen LogP contribution in [0.25, 0.3) is 0 Å². The molecule has 88 valence electrons. The SMILES string of the molecule is CCCC(=O)NCC(=O)Nc1cc(C)on1. The van der Waals surface area contributed by atoms with Gasteiger partial charge in [0.2, 0.25) is 11.8 Å². The summed E-state index contributed by atoms with van der Waals surface area (Å²) in [7, 11) is 0. The van der Waals surface area contributed by atoms with E-state index in [2.05, 4.69) is 15.8 Å². The molecule has 0 unspecified atom stereocenters. The van der Waals surface area contributed by atoms with E-state index >= 15 is 0 Å². The first kappa shape index (κ1) is 12.2. The molecule has 1 rings (SSSR count). The van der Waals surface area contributed by atoms with Gasteiger partial charge < -0.3 is 15.2 Å². The number of carbonyl (C=O) groups excluding carboxylic acids is 2. The van der Waals surface area contributed by atoms with Crippen LogP contribution in [0.4, 0.5) is 5.82 Å². The maximum atomic E-state index is 11.3. The molecular weight excluding hydrogens is 210 g/mol. The molecule has 0 saturated heterocycles. The molecule has 0 radical (unpaired) electrons. The average molecular weight is 225 g/mol. The highest BCUT2D eigenvalue weighted by molar-refractivity contribution is 5.93. The monoisotopic (exact) mass is 225 g/mol. The predicted molar refractivity (Wildman–Crippen MR) is 57.8 cm³/mol. The molecule has 0 aliphatic heterocycles. The highest BCUT2D eigenvalue weighted by Gasteiger charge is 2.07. The Kier molecular flexibility index (Phi) is 4.50. The van der Waals surface area contributed by atoms with Gasteiger partial charge in [0.15, 0.2) is 5.82 Å². The normalized spacial score (nSPS) is 9.88. The number of rotatable bonds is 5. The summed E-state index contributed by atoms with van der Waals surface area (Å²) in [6.45, 7) is 3.58. The van der Waals surface area contributed by atoms with Crippen LogP contribution in [0.2, 0.25) is 0 Å². The summed E-state index contributed by atoms with van der Waals surface area (Å²) in [6, 6.07) is 1.60. The van der Waals surface area contributed by atoms with Gasteiger partial charge in [0.1, 0.15) is 5.76 Å². The third-order valence-corrected chi connectivity index (χ3v) is 1.82. The second-order valence-corrected chi connectivity index (χ2v) is 3.40. The van der Waals surface area contributed by atoms with Crippen molar-refractivity contribution in [3.8, 4) is 0 Å². The van der Waals surface area contributed by atoms with Gasteiger partial charge in [0.05, 0.1) is 6.54 Å². The van der Waals surface area contributed by atoms with E-state index in [0.29, 0.717) is 18.0 Å². The lowest BCUT2D eigenvalue weighted by atomic mass is 10.3. The summed E-state index contributed by atoms with van der Waals surface area (Å²) in [4.78, 5) is 22.4. The summed E-state index contributed by atoms with van der Waals surface area (Å²) < 4.78 is 4.78. The Balaban J connectivity index is 2.28. The van der Waals surface area contributed by atoms with E-state index in [0.717, 1.165) is 6.42 Å². The molecule has 0 bridgehead atoms. The molecule has 1 aromatic heterocycles. The summed E-state index contributed by atoms with van der Waals surface area (Å²) in [5, 5.41) is 8.60. The van der Waals surface area contributed by atoms with Crippen LogP contribution in [0.5, 0.6) is 0 Å². The first-order chi connectivity index (χ1) is 7.61. The zero-order chi connectivity index (χ0) is 12.0. The Morgan fingerprint density at radius 3 is 2.75 bits per heavy atom. The summed E-state index contributed by atoms with van der Waals surface area (Å²) in [5.41, 5.74) is 0. The van der Waals surface area contributed by atoms with Crippen LogP contribution in [-0.2, 0) is 9.59 Å². The van der Waals surface area contributed by atoms with Crippen LogP contribution < -0.4 is 10.6 Å². The molecule has 16 heavy (non-hydrogen) atoms. The maximum Gasteiger partial charge on any atom is 0.245 e. The van der Waals surface area contributed by atoms with Crippen molar-refractivity contribution in [2.75, 3.05) is 11.9 Å². The van der Waals surface area contributed by atoms with Crippen LogP contribution in [0, 0.1) is 6.92 Å². The Morgan fingerprint density at radius 1 is 1.44 bits per heavy atom. The van der Waals surface area contributed by atoms with Gasteiger partial charge in [-0.2, -0.15) is 0 Å². The third-order valence-electron chi connectivity index (χ3n) is 1.82. The molecule has 0 fully saturated rings. The Bertz CT molecular complexity index is 373. The van der Waals surface area contributed by atoms with E-state index in [4.69, 9.17) is 4.52 Å². The van der Waals surface area contributed by atoms with Gasteiger partial charge in [-0.15, -0.1) is 0 Å². The van der Waals surface area contributed by atoms with Crippen molar-refractivity contribution in [3.05, 3.63) is 11.8 Å². The quantitative estimate of drug-likeness (QED) is 0.777. The fraction of sp³-hybridized carbons (Fsp3) is 0.500. The fourth-order valence-corrected chi connectivity index (χ4v) is 1.11. The van der Waals surface area contributed by atoms with E-state index in [1.807, 2.05) is 6.92 Å². The standard InChI is InChI=1S/C10H15N3O3/c1-3-4-9(14)11-6-10(15)12-8-5-7(2)16-13-8/h5H,3-4,6H2,1-2H3,(H,11,14)(H,12,13,15). The van der Waals surface area contributed by atoms with Gasteiger partial charge in [0.25, 0.3) is 0 Å². The number of nitrogens with zero attached hydrogens (tertiary/aromatic N) is 1. The van der Waals surface area contributed by atoms with E-state index in [1.165, 1.54) is 0 Å². The number of hydrogen-bond donors (Lipinski definition) is 2. The van der Waals surface area contributed by atoms with E-state index in [9.17, 15) is 9.59 Å². The lowest BCUT2D eigenvalue weighted by Crippen LogP contribution is -2.32. The second kappa shape index (κ2) is 5.89. The largest absolute Gasteiger partial charge is 0.360 e. The van der Waals surface area contributed by atoms with Crippen molar-refractivity contribution >= 4 is 17.6 Å². The molecule has 0 atom stereocenters. The number of anilines is 1. The Labute approximate surface area is 93.4 Å².